The van der Waals surface area contributed by atoms with Crippen molar-refractivity contribution < 1.29 is 9.90 Å². The van der Waals surface area contributed by atoms with Crippen LogP contribution in [0.5, 0.6) is 0 Å². The molecule has 2 nitrogen and oxygen atoms in total. The lowest BCUT2D eigenvalue weighted by atomic mass is 10.8. The summed E-state index contributed by atoms with van der Waals surface area (Å²) in [5.74, 6) is 0.384. The van der Waals surface area contributed by atoms with Crippen molar-refractivity contribution in [2.24, 2.45) is 0 Å². The number of halogens is 1. The summed E-state index contributed by atoms with van der Waals surface area (Å²) in [5.41, 5.74) is 0. The number of rotatable bonds is 3. The van der Waals surface area contributed by atoms with E-state index in [0.29, 0.717) is 0 Å². The number of thioether (sulfide) groups is 1. The third kappa shape index (κ3) is 9.44. The summed E-state index contributed by atoms with van der Waals surface area (Å²) in [5, 5.41) is 8.02. The fourth-order valence-corrected chi connectivity index (χ4v) is 0.568. The van der Waals surface area contributed by atoms with Gasteiger partial charge in [-0.1, -0.05) is 6.92 Å². The van der Waals surface area contributed by atoms with Gasteiger partial charge >= 0.3 is 5.97 Å². The van der Waals surface area contributed by atoms with E-state index in [1.54, 1.807) is 0 Å². The minimum atomic E-state index is -0.730. The lowest BCUT2D eigenvalue weighted by Crippen LogP contribution is -1.97. The molecule has 0 aliphatic heterocycles. The first-order valence-electron chi connectivity index (χ1n) is 2.07. The molecule has 0 aromatic carbocycles. The normalized spacial score (nSPS) is 7.62. The monoisotopic (exact) mass is 156 g/mol. The van der Waals surface area contributed by atoms with Gasteiger partial charge < -0.3 is 5.11 Å². The van der Waals surface area contributed by atoms with E-state index in [2.05, 4.69) is 0 Å². The standard InChI is InChI=1S/C4H8O2S.ClH/c1-2-7-3-4(5)6;/h2-3H2,1H3,(H,5,6);1H. The zero-order valence-electron chi connectivity index (χ0n) is 4.59. The smallest absolute Gasteiger partial charge is 0.313 e. The molecule has 0 bridgehead atoms. The minimum Gasteiger partial charge on any atom is -0.481 e. The first-order valence-corrected chi connectivity index (χ1v) is 3.22. The predicted octanol–water partition coefficient (Wildman–Crippen LogP) is 1.25. The Hall–Kier alpha value is 0.110. The van der Waals surface area contributed by atoms with Crippen LogP contribution in [0.1, 0.15) is 6.92 Å². The Morgan fingerprint density at radius 3 is 2.38 bits per heavy atom. The van der Waals surface area contributed by atoms with Gasteiger partial charge in [0, 0.05) is 0 Å². The van der Waals surface area contributed by atoms with E-state index >= 15 is 0 Å². The molecule has 8 heavy (non-hydrogen) atoms. The van der Waals surface area contributed by atoms with Crippen LogP contribution in [0.3, 0.4) is 0 Å². The van der Waals surface area contributed by atoms with Crippen molar-refractivity contribution in [2.45, 2.75) is 6.92 Å². The number of hydrogen-bond donors (Lipinski definition) is 1. The maximum Gasteiger partial charge on any atom is 0.313 e. The number of carboxylic acid groups (broad SMARTS) is 1. The number of carbonyl (C=O) groups is 1. The van der Waals surface area contributed by atoms with Crippen LogP contribution in [-0.4, -0.2) is 22.6 Å². The zero-order valence-corrected chi connectivity index (χ0v) is 6.22. The van der Waals surface area contributed by atoms with Gasteiger partial charge in [0.15, 0.2) is 0 Å². The van der Waals surface area contributed by atoms with Gasteiger partial charge in [-0.2, -0.15) is 11.8 Å². The first kappa shape index (κ1) is 11.0. The summed E-state index contributed by atoms with van der Waals surface area (Å²) >= 11 is 1.42. The van der Waals surface area contributed by atoms with E-state index < -0.39 is 5.97 Å². The second kappa shape index (κ2) is 7.11. The van der Waals surface area contributed by atoms with E-state index in [0.717, 1.165) is 5.75 Å². The highest BCUT2D eigenvalue weighted by atomic mass is 35.5. The largest absolute Gasteiger partial charge is 0.481 e. The van der Waals surface area contributed by atoms with Gasteiger partial charge in [-0.3, -0.25) is 4.79 Å². The minimum absolute atomic E-state index is 0. The number of aliphatic carboxylic acids is 1. The molecule has 0 radical (unpaired) electrons. The molecular weight excluding hydrogens is 148 g/mol. The molecule has 0 saturated carbocycles. The van der Waals surface area contributed by atoms with Crippen LogP contribution in [0.25, 0.3) is 0 Å². The predicted molar refractivity (Wildman–Crippen MR) is 37.9 cm³/mol. The fourth-order valence-electron chi connectivity index (χ4n) is 0.189. The molecule has 0 aliphatic rings. The van der Waals surface area contributed by atoms with Crippen LogP contribution in [0, 0.1) is 0 Å². The molecule has 0 unspecified atom stereocenters. The third-order valence-electron chi connectivity index (χ3n) is 0.430. The molecule has 1 N–H and O–H groups in total. The maximum absolute atomic E-state index is 9.74. The molecule has 0 aromatic heterocycles. The maximum atomic E-state index is 9.74. The Morgan fingerprint density at radius 1 is 1.75 bits per heavy atom. The topological polar surface area (TPSA) is 37.3 Å². The van der Waals surface area contributed by atoms with Crippen LogP contribution in [0.15, 0.2) is 0 Å². The summed E-state index contributed by atoms with van der Waals surface area (Å²) in [7, 11) is 0. The van der Waals surface area contributed by atoms with E-state index in [4.69, 9.17) is 5.11 Å². The Morgan fingerprint density at radius 2 is 2.25 bits per heavy atom. The van der Waals surface area contributed by atoms with E-state index in [9.17, 15) is 4.79 Å². The molecule has 0 aliphatic carbocycles. The highest BCUT2D eigenvalue weighted by Gasteiger charge is 1.91. The molecule has 0 atom stereocenters. The molecule has 50 valence electrons. The van der Waals surface area contributed by atoms with Crippen molar-refractivity contribution in [1.82, 2.24) is 0 Å². The van der Waals surface area contributed by atoms with Gasteiger partial charge in [0.25, 0.3) is 0 Å². The van der Waals surface area contributed by atoms with E-state index in [1.165, 1.54) is 11.8 Å². The first-order chi connectivity index (χ1) is 3.27. The Labute approximate surface area is 59.1 Å². The van der Waals surface area contributed by atoms with Crippen LogP contribution >= 0.6 is 24.2 Å². The molecule has 0 rings (SSSR count). The van der Waals surface area contributed by atoms with Gasteiger partial charge in [-0.25, -0.2) is 0 Å². The Balaban J connectivity index is 0. The lowest BCUT2D eigenvalue weighted by molar-refractivity contribution is -0.133. The highest BCUT2D eigenvalue weighted by molar-refractivity contribution is 7.99. The van der Waals surface area contributed by atoms with Crippen LogP contribution in [0.2, 0.25) is 0 Å². The SMILES string of the molecule is CCSCC(=O)O.Cl. The van der Waals surface area contributed by atoms with Crippen molar-refractivity contribution in [3.63, 3.8) is 0 Å². The summed E-state index contributed by atoms with van der Waals surface area (Å²) in [6.07, 6.45) is 0. The van der Waals surface area contributed by atoms with Crippen molar-refractivity contribution in [2.75, 3.05) is 11.5 Å². The summed E-state index contributed by atoms with van der Waals surface area (Å²) < 4.78 is 0. The van der Waals surface area contributed by atoms with Gasteiger partial charge in [0.2, 0.25) is 0 Å². The molecule has 0 fully saturated rings. The summed E-state index contributed by atoms with van der Waals surface area (Å²) in [6.45, 7) is 1.94. The van der Waals surface area contributed by atoms with Crippen LogP contribution < -0.4 is 0 Å². The Kier molecular flexibility index (Phi) is 9.76. The van der Waals surface area contributed by atoms with Crippen molar-refractivity contribution in [1.29, 1.82) is 0 Å². The summed E-state index contributed by atoms with van der Waals surface area (Å²) in [6, 6.07) is 0. The van der Waals surface area contributed by atoms with Gasteiger partial charge in [-0.05, 0) is 5.75 Å². The molecule has 4 heteroatoms. The van der Waals surface area contributed by atoms with E-state index in [1.807, 2.05) is 6.92 Å². The lowest BCUT2D eigenvalue weighted by Gasteiger charge is -1.86. The molecule has 0 spiro atoms. The van der Waals surface area contributed by atoms with Crippen LogP contribution in [-0.2, 0) is 4.79 Å². The van der Waals surface area contributed by atoms with Crippen molar-refractivity contribution in [3.05, 3.63) is 0 Å². The number of hydrogen-bond acceptors (Lipinski definition) is 2. The third-order valence-corrected chi connectivity index (χ3v) is 1.29. The number of carboxylic acids is 1. The second-order valence-corrected chi connectivity index (χ2v) is 2.31. The van der Waals surface area contributed by atoms with Crippen LogP contribution in [0.4, 0.5) is 0 Å². The van der Waals surface area contributed by atoms with Gasteiger partial charge in [0.05, 0.1) is 5.75 Å². The molecular formula is C4H9ClO2S. The Bertz CT molecular complexity index is 67.1. The zero-order chi connectivity index (χ0) is 5.70. The van der Waals surface area contributed by atoms with E-state index in [-0.39, 0.29) is 18.2 Å². The average molecular weight is 157 g/mol. The van der Waals surface area contributed by atoms with Gasteiger partial charge in [0.1, 0.15) is 0 Å². The average Bonchev–Trinajstić information content (AvgIpc) is 1.61. The van der Waals surface area contributed by atoms with Crippen molar-refractivity contribution >= 4 is 30.1 Å². The molecule has 0 aromatic rings. The highest BCUT2D eigenvalue weighted by Crippen LogP contribution is 1.95. The van der Waals surface area contributed by atoms with Crippen molar-refractivity contribution in [3.8, 4) is 0 Å². The summed E-state index contributed by atoms with van der Waals surface area (Å²) in [4.78, 5) is 9.74. The molecule has 0 saturated heterocycles. The second-order valence-electron chi connectivity index (χ2n) is 1.03. The fraction of sp³-hybridized carbons (Fsp3) is 0.750. The van der Waals surface area contributed by atoms with Gasteiger partial charge in [-0.15, -0.1) is 12.4 Å². The molecule has 0 heterocycles. The quantitative estimate of drug-likeness (QED) is 0.668. The molecule has 0 amide bonds.